The van der Waals surface area contributed by atoms with Crippen LogP contribution >= 0.6 is 0 Å². The number of hydrogen-bond donors (Lipinski definition) is 2. The second kappa shape index (κ2) is 6.86. The number of nitrogens with zero attached hydrogens (tertiary/aromatic N) is 1. The summed E-state index contributed by atoms with van der Waals surface area (Å²) in [6.07, 6.45) is 3.42. The van der Waals surface area contributed by atoms with E-state index < -0.39 is 5.54 Å². The van der Waals surface area contributed by atoms with E-state index in [1.54, 1.807) is 0 Å². The normalized spacial score (nSPS) is 20.0. The van der Waals surface area contributed by atoms with Gasteiger partial charge in [-0.25, -0.2) is 4.79 Å². The van der Waals surface area contributed by atoms with E-state index in [0.29, 0.717) is 12.8 Å². The highest BCUT2D eigenvalue weighted by atomic mass is 16.2. The lowest BCUT2D eigenvalue weighted by molar-refractivity contribution is -0.131. The molecule has 1 aromatic rings. The van der Waals surface area contributed by atoms with Gasteiger partial charge in [0.05, 0.1) is 6.04 Å². The molecule has 1 aliphatic carbocycles. The molecule has 6 nitrogen and oxygen atoms in total. The second-order valence-corrected chi connectivity index (χ2v) is 7.07. The lowest BCUT2D eigenvalue weighted by atomic mass is 9.98. The molecular formula is C19H25N3O3. The average Bonchev–Trinajstić information content (AvgIpc) is 3.12. The summed E-state index contributed by atoms with van der Waals surface area (Å²) in [4.78, 5) is 38.1. The number of rotatable bonds is 5. The number of urea groups is 1. The number of aryl methyl sites for hydroxylation is 1. The SMILES string of the molecule is Cc1ccccc1C(C)NC(=O)CCN1C(=O)NC2(CCCC2)C1=O. The van der Waals surface area contributed by atoms with E-state index in [9.17, 15) is 14.4 Å². The zero-order chi connectivity index (χ0) is 18.0. The quantitative estimate of drug-likeness (QED) is 0.806. The Morgan fingerprint density at radius 1 is 1.28 bits per heavy atom. The van der Waals surface area contributed by atoms with Crippen LogP contribution in [-0.4, -0.2) is 34.8 Å². The van der Waals surface area contributed by atoms with Gasteiger partial charge < -0.3 is 10.6 Å². The fourth-order valence-electron chi connectivity index (χ4n) is 3.87. The summed E-state index contributed by atoms with van der Waals surface area (Å²) in [5.74, 6) is -0.335. The third-order valence-corrected chi connectivity index (χ3v) is 5.30. The molecule has 1 spiro atoms. The Kier molecular flexibility index (Phi) is 4.79. The summed E-state index contributed by atoms with van der Waals surface area (Å²) >= 11 is 0. The van der Waals surface area contributed by atoms with Crippen LogP contribution in [0.5, 0.6) is 0 Å². The van der Waals surface area contributed by atoms with Crippen molar-refractivity contribution in [1.82, 2.24) is 15.5 Å². The minimum atomic E-state index is -0.706. The summed E-state index contributed by atoms with van der Waals surface area (Å²) in [5.41, 5.74) is 1.48. The van der Waals surface area contributed by atoms with Gasteiger partial charge in [0.2, 0.25) is 5.91 Å². The molecule has 1 heterocycles. The summed E-state index contributed by atoms with van der Waals surface area (Å²) in [6, 6.07) is 7.42. The first-order valence-corrected chi connectivity index (χ1v) is 8.92. The first kappa shape index (κ1) is 17.5. The van der Waals surface area contributed by atoms with Crippen molar-refractivity contribution in [2.24, 2.45) is 0 Å². The molecule has 0 aromatic heterocycles. The summed E-state index contributed by atoms with van der Waals surface area (Å²) in [5, 5.41) is 5.78. The van der Waals surface area contributed by atoms with Crippen molar-refractivity contribution in [3.05, 3.63) is 35.4 Å². The maximum absolute atomic E-state index is 12.6. The zero-order valence-corrected chi connectivity index (χ0v) is 14.8. The van der Waals surface area contributed by atoms with Crippen LogP contribution in [0.1, 0.15) is 56.2 Å². The Bertz CT molecular complexity index is 695. The molecular weight excluding hydrogens is 318 g/mol. The van der Waals surface area contributed by atoms with Crippen molar-refractivity contribution in [2.75, 3.05) is 6.54 Å². The van der Waals surface area contributed by atoms with E-state index in [1.165, 1.54) is 4.90 Å². The van der Waals surface area contributed by atoms with E-state index in [1.807, 2.05) is 38.1 Å². The molecule has 0 radical (unpaired) electrons. The fraction of sp³-hybridized carbons (Fsp3) is 0.526. The molecule has 134 valence electrons. The fourth-order valence-corrected chi connectivity index (χ4v) is 3.87. The molecule has 0 bridgehead atoms. The number of carbonyl (C=O) groups is 3. The van der Waals surface area contributed by atoms with Crippen molar-refractivity contribution in [3.8, 4) is 0 Å². The molecule has 1 aliphatic heterocycles. The van der Waals surface area contributed by atoms with Gasteiger partial charge in [-0.1, -0.05) is 37.1 Å². The third kappa shape index (κ3) is 3.38. The first-order chi connectivity index (χ1) is 11.9. The van der Waals surface area contributed by atoms with Gasteiger partial charge in [-0.05, 0) is 37.8 Å². The minimum Gasteiger partial charge on any atom is -0.350 e. The lowest BCUT2D eigenvalue weighted by Crippen LogP contribution is -2.44. The molecule has 1 aromatic carbocycles. The maximum Gasteiger partial charge on any atom is 0.325 e. The Labute approximate surface area is 148 Å². The molecule has 1 saturated carbocycles. The molecule has 25 heavy (non-hydrogen) atoms. The highest BCUT2D eigenvalue weighted by Crippen LogP contribution is 2.35. The number of imide groups is 1. The largest absolute Gasteiger partial charge is 0.350 e. The van der Waals surface area contributed by atoms with E-state index in [2.05, 4.69) is 10.6 Å². The van der Waals surface area contributed by atoms with Crippen molar-refractivity contribution < 1.29 is 14.4 Å². The smallest absolute Gasteiger partial charge is 0.325 e. The topological polar surface area (TPSA) is 78.5 Å². The van der Waals surface area contributed by atoms with Gasteiger partial charge in [0.25, 0.3) is 5.91 Å². The monoisotopic (exact) mass is 343 g/mol. The average molecular weight is 343 g/mol. The van der Waals surface area contributed by atoms with Crippen LogP contribution in [-0.2, 0) is 9.59 Å². The standard InChI is InChI=1S/C19H25N3O3/c1-13-7-3-4-8-15(13)14(2)20-16(23)9-12-22-17(24)19(21-18(22)25)10-5-6-11-19/h3-4,7-8,14H,5-6,9-12H2,1-2H3,(H,20,23)(H,21,25). The molecule has 2 aliphatic rings. The van der Waals surface area contributed by atoms with E-state index >= 15 is 0 Å². The molecule has 4 amide bonds. The minimum absolute atomic E-state index is 0.113. The number of amides is 4. The molecule has 6 heteroatoms. The van der Waals surface area contributed by atoms with Crippen LogP contribution in [0.25, 0.3) is 0 Å². The lowest BCUT2D eigenvalue weighted by Gasteiger charge is -2.20. The van der Waals surface area contributed by atoms with Gasteiger partial charge in [0, 0.05) is 13.0 Å². The van der Waals surface area contributed by atoms with Crippen LogP contribution < -0.4 is 10.6 Å². The van der Waals surface area contributed by atoms with Crippen LogP contribution in [0.4, 0.5) is 4.79 Å². The third-order valence-electron chi connectivity index (χ3n) is 5.30. The predicted octanol–water partition coefficient (Wildman–Crippen LogP) is 2.43. The van der Waals surface area contributed by atoms with Gasteiger partial charge in [-0.15, -0.1) is 0 Å². The number of hydrogen-bond acceptors (Lipinski definition) is 3. The van der Waals surface area contributed by atoms with Crippen molar-refractivity contribution in [2.45, 2.75) is 57.5 Å². The Balaban J connectivity index is 1.55. The number of benzene rings is 1. The van der Waals surface area contributed by atoms with Gasteiger partial charge in [-0.3, -0.25) is 14.5 Å². The van der Waals surface area contributed by atoms with Crippen molar-refractivity contribution in [3.63, 3.8) is 0 Å². The molecule has 1 saturated heterocycles. The second-order valence-electron chi connectivity index (χ2n) is 7.07. The summed E-state index contributed by atoms with van der Waals surface area (Å²) in [7, 11) is 0. The summed E-state index contributed by atoms with van der Waals surface area (Å²) in [6.45, 7) is 4.06. The van der Waals surface area contributed by atoms with Crippen LogP contribution in [0.2, 0.25) is 0 Å². The maximum atomic E-state index is 12.6. The van der Waals surface area contributed by atoms with E-state index in [-0.39, 0.29) is 36.9 Å². The molecule has 3 rings (SSSR count). The van der Waals surface area contributed by atoms with Gasteiger partial charge in [0.1, 0.15) is 5.54 Å². The first-order valence-electron chi connectivity index (χ1n) is 8.92. The Morgan fingerprint density at radius 3 is 2.64 bits per heavy atom. The Morgan fingerprint density at radius 2 is 1.96 bits per heavy atom. The molecule has 2 N–H and O–H groups in total. The summed E-state index contributed by atoms with van der Waals surface area (Å²) < 4.78 is 0. The highest BCUT2D eigenvalue weighted by Gasteiger charge is 2.52. The van der Waals surface area contributed by atoms with Crippen molar-refractivity contribution >= 4 is 17.8 Å². The van der Waals surface area contributed by atoms with E-state index in [4.69, 9.17) is 0 Å². The van der Waals surface area contributed by atoms with E-state index in [0.717, 1.165) is 24.0 Å². The van der Waals surface area contributed by atoms with Gasteiger partial charge in [0.15, 0.2) is 0 Å². The van der Waals surface area contributed by atoms with Crippen molar-refractivity contribution in [1.29, 1.82) is 0 Å². The van der Waals surface area contributed by atoms with Crippen LogP contribution in [0.3, 0.4) is 0 Å². The zero-order valence-electron chi connectivity index (χ0n) is 14.8. The van der Waals surface area contributed by atoms with Gasteiger partial charge in [-0.2, -0.15) is 0 Å². The predicted molar refractivity (Wildman–Crippen MR) is 93.8 cm³/mol. The van der Waals surface area contributed by atoms with Crippen LogP contribution in [0, 0.1) is 6.92 Å². The number of nitrogens with one attached hydrogen (secondary N) is 2. The Hall–Kier alpha value is -2.37. The molecule has 2 fully saturated rings. The highest BCUT2D eigenvalue weighted by molar-refractivity contribution is 6.07. The van der Waals surface area contributed by atoms with Crippen LogP contribution in [0.15, 0.2) is 24.3 Å². The molecule has 1 atom stereocenters. The molecule has 1 unspecified atom stereocenters. The van der Waals surface area contributed by atoms with Gasteiger partial charge >= 0.3 is 6.03 Å². The number of carbonyl (C=O) groups excluding carboxylic acids is 3.